The smallest absolute Gasteiger partial charge is 0.262 e. The van der Waals surface area contributed by atoms with E-state index in [9.17, 15) is 18.8 Å². The Labute approximate surface area is 401 Å². The first-order chi connectivity index (χ1) is 34.6. The van der Waals surface area contributed by atoms with E-state index in [1.54, 1.807) is 66.7 Å². The fraction of sp³-hybridized carbons (Fsp3) is 0.130. The fourth-order valence-corrected chi connectivity index (χ4v) is 6.54. The van der Waals surface area contributed by atoms with Crippen LogP contribution in [0.4, 0.5) is 56.5 Å². The van der Waals surface area contributed by atoms with E-state index in [2.05, 4.69) is 87.8 Å². The van der Waals surface area contributed by atoms with Gasteiger partial charge in [0.2, 0.25) is 0 Å². The topological polar surface area (TPSA) is 387 Å². The summed E-state index contributed by atoms with van der Waals surface area (Å²) in [6.45, 7) is 2.97. The molecule has 0 radical (unpaired) electrons. The van der Waals surface area contributed by atoms with Crippen LogP contribution in [-0.2, 0) is 0 Å². The van der Waals surface area contributed by atoms with Crippen molar-refractivity contribution in [3.05, 3.63) is 152 Å². The van der Waals surface area contributed by atoms with Gasteiger partial charge < -0.3 is 64.1 Å². The SMILES string of the molecule is N#Cc1ccc(Nc2nc(NCCN)cc3nc[nH]c(=O)c23)nc1.N#Cc1cccc(Nc2nc(NCCN)cc3nc[nH]c(=O)c23)c1.NCCNc1cc2nc[nH]c(=O)c2c(Nc2ccc(F)cc2)n1. The van der Waals surface area contributed by atoms with Crippen LogP contribution in [0.25, 0.3) is 32.7 Å². The Kier molecular flexibility index (Phi) is 16.3. The van der Waals surface area contributed by atoms with E-state index in [-0.39, 0.29) is 22.5 Å². The molecule has 24 nitrogen and oxygen atoms in total. The lowest BCUT2D eigenvalue weighted by Gasteiger charge is -2.11. The second-order valence-electron chi connectivity index (χ2n) is 14.7. The minimum atomic E-state index is -0.341. The molecule has 71 heavy (non-hydrogen) atoms. The van der Waals surface area contributed by atoms with Gasteiger partial charge in [-0.25, -0.2) is 39.3 Å². The number of aromatic nitrogens is 10. The zero-order valence-corrected chi connectivity index (χ0v) is 37.4. The van der Waals surface area contributed by atoms with Crippen molar-refractivity contribution in [3.8, 4) is 12.1 Å². The lowest BCUT2D eigenvalue weighted by molar-refractivity contribution is 0.628. The third-order valence-electron chi connectivity index (χ3n) is 9.73. The Hall–Kier alpha value is -9.95. The van der Waals surface area contributed by atoms with Crippen LogP contribution in [0.5, 0.6) is 0 Å². The molecule has 0 saturated heterocycles. The molecule has 0 bridgehead atoms. The van der Waals surface area contributed by atoms with Gasteiger partial charge in [0, 0.05) is 75.0 Å². The molecule has 0 unspecified atom stereocenters. The van der Waals surface area contributed by atoms with Crippen LogP contribution in [0.15, 0.2) is 118 Å². The molecule has 9 rings (SSSR count). The van der Waals surface area contributed by atoms with Crippen molar-refractivity contribution in [1.29, 1.82) is 10.5 Å². The number of halogens is 1. The van der Waals surface area contributed by atoms with Crippen molar-refractivity contribution in [2.45, 2.75) is 0 Å². The minimum Gasteiger partial charge on any atom is -0.369 e. The maximum Gasteiger partial charge on any atom is 0.262 e. The van der Waals surface area contributed by atoms with Crippen LogP contribution in [0.1, 0.15) is 11.1 Å². The average Bonchev–Trinajstić information content (AvgIpc) is 3.38. The molecule has 0 aliphatic carbocycles. The van der Waals surface area contributed by atoms with E-state index < -0.39 is 0 Å². The van der Waals surface area contributed by atoms with Crippen molar-refractivity contribution in [2.24, 2.45) is 17.2 Å². The summed E-state index contributed by atoms with van der Waals surface area (Å²) < 4.78 is 13.0. The van der Waals surface area contributed by atoms with Crippen LogP contribution in [0.3, 0.4) is 0 Å². The maximum atomic E-state index is 13.0. The van der Waals surface area contributed by atoms with Gasteiger partial charge in [0.15, 0.2) is 0 Å². The van der Waals surface area contributed by atoms with E-state index in [4.69, 9.17) is 27.7 Å². The number of nitrogens with two attached hydrogens (primary N) is 3. The van der Waals surface area contributed by atoms with Crippen molar-refractivity contribution >= 4 is 84.8 Å². The highest BCUT2D eigenvalue weighted by molar-refractivity contribution is 5.94. The maximum absolute atomic E-state index is 13.0. The number of anilines is 9. The molecule has 25 heteroatoms. The summed E-state index contributed by atoms with van der Waals surface area (Å²) in [7, 11) is 0. The highest BCUT2D eigenvalue weighted by atomic mass is 19.1. The molecular weight excluding hydrogens is 914 g/mol. The number of nitrogens with one attached hydrogen (secondary N) is 9. The number of rotatable bonds is 15. The summed E-state index contributed by atoms with van der Waals surface area (Å²) in [6, 6.07) is 25.1. The van der Waals surface area contributed by atoms with Gasteiger partial charge in [-0.15, -0.1) is 0 Å². The minimum absolute atomic E-state index is 0.295. The number of nitrogens with zero attached hydrogens (tertiary/aromatic N) is 9. The third-order valence-corrected chi connectivity index (χ3v) is 9.73. The number of aromatic amines is 3. The summed E-state index contributed by atoms with van der Waals surface area (Å²) in [5.41, 5.74) is 19.3. The predicted molar refractivity (Wildman–Crippen MR) is 269 cm³/mol. The summed E-state index contributed by atoms with van der Waals surface area (Å²) >= 11 is 0. The van der Waals surface area contributed by atoms with Crippen LogP contribution in [0, 0.1) is 28.5 Å². The van der Waals surface area contributed by atoms with E-state index in [1.165, 1.54) is 37.3 Å². The highest BCUT2D eigenvalue weighted by Gasteiger charge is 2.14. The van der Waals surface area contributed by atoms with E-state index >= 15 is 0 Å². The van der Waals surface area contributed by atoms with Crippen molar-refractivity contribution in [1.82, 2.24) is 49.8 Å². The number of pyridine rings is 4. The van der Waals surface area contributed by atoms with Gasteiger partial charge in [-0.05, 0) is 54.6 Å². The van der Waals surface area contributed by atoms with Gasteiger partial charge in [0.05, 0.1) is 52.7 Å². The van der Waals surface area contributed by atoms with Gasteiger partial charge in [-0.1, -0.05) is 6.07 Å². The third kappa shape index (κ3) is 12.7. The molecule has 0 amide bonds. The number of hydrogen-bond donors (Lipinski definition) is 12. The first kappa shape index (κ1) is 49.0. The van der Waals surface area contributed by atoms with Gasteiger partial charge >= 0.3 is 0 Å². The molecule has 7 aromatic heterocycles. The quantitative estimate of drug-likeness (QED) is 0.0698. The number of fused-ring (bicyclic) bond motifs is 3. The fourth-order valence-electron chi connectivity index (χ4n) is 6.54. The molecule has 2 aromatic carbocycles. The van der Waals surface area contributed by atoms with Gasteiger partial charge in [0.25, 0.3) is 16.7 Å². The highest BCUT2D eigenvalue weighted by Crippen LogP contribution is 2.26. The molecule has 15 N–H and O–H groups in total. The van der Waals surface area contributed by atoms with Crippen LogP contribution >= 0.6 is 0 Å². The molecule has 0 spiro atoms. The second-order valence-corrected chi connectivity index (χ2v) is 14.7. The normalized spacial score (nSPS) is 10.5. The van der Waals surface area contributed by atoms with E-state index in [0.29, 0.717) is 135 Å². The van der Waals surface area contributed by atoms with Gasteiger partial charge in [0.1, 0.15) is 68.8 Å². The number of nitriles is 2. The number of H-pyrrole nitrogens is 3. The molecule has 0 aliphatic rings. The molecule has 0 atom stereocenters. The number of benzene rings is 2. The lowest BCUT2D eigenvalue weighted by atomic mass is 10.2. The first-order valence-corrected chi connectivity index (χ1v) is 21.5. The largest absolute Gasteiger partial charge is 0.369 e. The molecular formula is C46H44FN21O3. The van der Waals surface area contributed by atoms with Crippen molar-refractivity contribution in [2.75, 3.05) is 71.2 Å². The summed E-state index contributed by atoms with van der Waals surface area (Å²) in [6.07, 6.45) is 5.45. The Morgan fingerprint density at radius 2 is 0.958 bits per heavy atom. The molecule has 0 saturated carbocycles. The lowest BCUT2D eigenvalue weighted by Crippen LogP contribution is -2.16. The second kappa shape index (κ2) is 23.7. The van der Waals surface area contributed by atoms with Crippen molar-refractivity contribution < 1.29 is 4.39 Å². The van der Waals surface area contributed by atoms with Crippen LogP contribution in [-0.4, -0.2) is 89.1 Å². The standard InChI is InChI=1S/C16H15N7O.C15H15FN6O.C15H14N8O/c17-4-5-19-13-7-12-14(16(24)21-9-20-12)15(23-13)22-11-3-1-2-10(6-11)8-18;16-9-1-3-10(4-2-9)21-14-13-11(19-8-20-15(13)23)7-12(22-14)18-6-5-17;16-3-4-18-12-5-10-13(15(24)21-8-20-10)14(23-12)22-11-2-1-9(6-17)7-19-11/h1-3,6-7,9H,4-5,17H2,(H2,19,22,23)(H,20,21,24);1-4,7-8H,5-6,17H2,(H2,18,21,22)(H,19,20,23);1-2,5,7-8H,3-4,16H2,(H,20,21,24)(H2,18,19,22,23). The Morgan fingerprint density at radius 3 is 1.38 bits per heavy atom. The van der Waals surface area contributed by atoms with Gasteiger partial charge in [-0.3, -0.25) is 14.4 Å². The van der Waals surface area contributed by atoms with Crippen LogP contribution < -0.4 is 65.8 Å². The predicted octanol–water partition coefficient (Wildman–Crippen LogP) is 3.57. The number of hydrogen-bond acceptors (Lipinski definition) is 21. The molecule has 9 aromatic rings. The Morgan fingerprint density at radius 1 is 0.507 bits per heavy atom. The first-order valence-electron chi connectivity index (χ1n) is 21.5. The van der Waals surface area contributed by atoms with E-state index in [1.807, 2.05) is 6.07 Å². The molecule has 7 heterocycles. The van der Waals surface area contributed by atoms with Crippen LogP contribution in [0.2, 0.25) is 0 Å². The summed E-state index contributed by atoms with van der Waals surface area (Å²) in [5.74, 6) is 2.78. The van der Waals surface area contributed by atoms with Crippen molar-refractivity contribution in [3.63, 3.8) is 0 Å². The average molecular weight is 958 g/mol. The summed E-state index contributed by atoms with van der Waals surface area (Å²) in [5, 5.41) is 37.1. The Balaban J connectivity index is 0.000000157. The molecule has 358 valence electrons. The molecule has 0 fully saturated rings. The monoisotopic (exact) mass is 957 g/mol. The zero-order chi connectivity index (χ0) is 50.1. The zero-order valence-electron chi connectivity index (χ0n) is 37.4. The van der Waals surface area contributed by atoms with E-state index in [0.717, 1.165) is 0 Å². The molecule has 0 aliphatic heterocycles. The summed E-state index contributed by atoms with van der Waals surface area (Å²) in [4.78, 5) is 73.9. The van der Waals surface area contributed by atoms with Gasteiger partial charge in [-0.2, -0.15) is 10.5 Å². The Bertz CT molecular complexity index is 3560.